The molecule has 0 aliphatic carbocycles. The molecule has 2 N–H and O–H groups in total. The van der Waals surface area contributed by atoms with Crippen molar-refractivity contribution in [2.24, 2.45) is 0 Å². The highest BCUT2D eigenvalue weighted by atomic mass is 16.5. The maximum absolute atomic E-state index is 12.8. The molecule has 6 heteroatoms. The fraction of sp³-hybridized carbons (Fsp3) is 0.609. The lowest BCUT2D eigenvalue weighted by Crippen LogP contribution is -2.26. The molecular weight excluding hydrogens is 645 g/mol. The Morgan fingerprint density at radius 3 is 1.08 bits per heavy atom. The van der Waals surface area contributed by atoms with Crippen molar-refractivity contribution in [1.82, 2.24) is 10.6 Å². The van der Waals surface area contributed by atoms with Crippen molar-refractivity contribution in [2.45, 2.75) is 156 Å². The van der Waals surface area contributed by atoms with Crippen molar-refractivity contribution in [3.63, 3.8) is 0 Å². The Hall–Kier alpha value is -3.54. The van der Waals surface area contributed by atoms with Gasteiger partial charge in [-0.3, -0.25) is 9.59 Å². The summed E-state index contributed by atoms with van der Waals surface area (Å²) in [7, 11) is 0. The second kappa shape index (κ2) is 19.5. The second-order valence-electron chi connectivity index (χ2n) is 18.4. The summed E-state index contributed by atoms with van der Waals surface area (Å²) >= 11 is 0. The third kappa shape index (κ3) is 14.5. The fourth-order valence-corrected chi connectivity index (χ4v) is 6.24. The predicted octanol–water partition coefficient (Wildman–Crippen LogP) is 10.4. The number of nitrogens with one attached hydrogen (secondary N) is 2. The molecule has 0 aliphatic rings. The van der Waals surface area contributed by atoms with Gasteiger partial charge in [-0.2, -0.15) is 0 Å². The largest absolute Gasteiger partial charge is 0.489 e. The highest BCUT2D eigenvalue weighted by Gasteiger charge is 2.29. The van der Waals surface area contributed by atoms with E-state index in [1.165, 1.54) is 0 Å². The number of amides is 2. The van der Waals surface area contributed by atoms with E-state index in [0.717, 1.165) is 70.6 Å². The van der Waals surface area contributed by atoms with E-state index in [0.29, 0.717) is 52.0 Å². The van der Waals surface area contributed by atoms with E-state index in [-0.39, 0.29) is 33.5 Å². The van der Waals surface area contributed by atoms with E-state index in [9.17, 15) is 9.59 Å². The van der Waals surface area contributed by atoms with Gasteiger partial charge in [0.25, 0.3) is 0 Å². The minimum Gasteiger partial charge on any atom is -0.489 e. The number of unbranched alkanes of at least 4 members (excludes halogenated alkanes) is 3. The summed E-state index contributed by atoms with van der Waals surface area (Å²) in [5.74, 6) is 2.04. The molecule has 0 spiro atoms. The molecule has 2 rings (SSSR count). The molecule has 0 bridgehead atoms. The maximum Gasteiger partial charge on any atom is 0.220 e. The first-order valence-corrected chi connectivity index (χ1v) is 19.5. The summed E-state index contributed by atoms with van der Waals surface area (Å²) in [6.07, 6.45) is 9.72. The number of hydrogen-bond donors (Lipinski definition) is 2. The van der Waals surface area contributed by atoms with Crippen LogP contribution in [0.4, 0.5) is 0 Å². The minimum absolute atomic E-state index is 0.0806. The van der Waals surface area contributed by atoms with E-state index in [1.54, 1.807) is 12.2 Å². The van der Waals surface area contributed by atoms with Gasteiger partial charge in [0.05, 0.1) is 0 Å². The Kier molecular flexibility index (Phi) is 16.7. The van der Waals surface area contributed by atoms with Crippen molar-refractivity contribution in [3.8, 4) is 11.5 Å². The highest BCUT2D eigenvalue weighted by Crippen LogP contribution is 2.42. The summed E-state index contributed by atoms with van der Waals surface area (Å²) in [5, 5.41) is 6.21. The molecule has 0 saturated heterocycles. The first kappa shape index (κ1) is 44.6. The molecule has 0 unspecified atom stereocenters. The number of ether oxygens (including phenoxy) is 2. The Morgan fingerprint density at radius 2 is 0.827 bits per heavy atom. The topological polar surface area (TPSA) is 76.7 Å². The smallest absolute Gasteiger partial charge is 0.220 e. The SMILES string of the molecule is C=CCOc1c(C(C)(C)C)cc(CCC(=O)NCCCCCCNC(=O)CCc2cc(C(C)(C)C)c(OCC=C)c(C(C)(C)C)c2)cc1C(C)(C)C. The van der Waals surface area contributed by atoms with Gasteiger partial charge in [-0.05, 0) is 58.5 Å². The molecule has 2 amide bonds. The van der Waals surface area contributed by atoms with Crippen molar-refractivity contribution in [3.05, 3.63) is 83.0 Å². The number of hydrogen-bond acceptors (Lipinski definition) is 4. The third-order valence-electron chi connectivity index (χ3n) is 9.25. The normalized spacial score (nSPS) is 12.3. The van der Waals surface area contributed by atoms with Gasteiger partial charge in [0.15, 0.2) is 0 Å². The number of carbonyl (C=O) groups is 2. The van der Waals surface area contributed by atoms with E-state index in [1.807, 2.05) is 0 Å². The lowest BCUT2D eigenvalue weighted by molar-refractivity contribution is -0.121. The summed E-state index contributed by atoms with van der Waals surface area (Å²) in [6.45, 7) is 36.3. The van der Waals surface area contributed by atoms with Crippen LogP contribution in [0.15, 0.2) is 49.6 Å². The second-order valence-corrected chi connectivity index (χ2v) is 18.4. The molecule has 0 aliphatic heterocycles. The van der Waals surface area contributed by atoms with Gasteiger partial charge in [-0.15, -0.1) is 0 Å². The lowest BCUT2D eigenvalue weighted by Gasteiger charge is -2.30. The Morgan fingerprint density at radius 1 is 0.538 bits per heavy atom. The molecule has 0 atom stereocenters. The van der Waals surface area contributed by atoms with Crippen molar-refractivity contribution >= 4 is 11.8 Å². The number of aryl methyl sites for hydroxylation is 2. The van der Waals surface area contributed by atoms with Crippen LogP contribution in [0.3, 0.4) is 0 Å². The van der Waals surface area contributed by atoms with Gasteiger partial charge in [-0.1, -0.05) is 146 Å². The molecule has 0 heterocycles. The van der Waals surface area contributed by atoms with Gasteiger partial charge < -0.3 is 20.1 Å². The molecule has 0 fully saturated rings. The van der Waals surface area contributed by atoms with Gasteiger partial charge in [-0.25, -0.2) is 0 Å². The molecule has 6 nitrogen and oxygen atoms in total. The molecule has 2 aromatic carbocycles. The minimum atomic E-state index is -0.0984. The zero-order valence-electron chi connectivity index (χ0n) is 35.0. The number of carbonyl (C=O) groups excluding carboxylic acids is 2. The maximum atomic E-state index is 12.8. The molecule has 290 valence electrons. The van der Waals surface area contributed by atoms with Crippen LogP contribution in [-0.4, -0.2) is 38.1 Å². The Balaban J connectivity index is 1.80. The first-order chi connectivity index (χ1) is 24.1. The van der Waals surface area contributed by atoms with Gasteiger partial charge >= 0.3 is 0 Å². The summed E-state index contributed by atoms with van der Waals surface area (Å²) < 4.78 is 12.4. The monoisotopic (exact) mass is 717 g/mol. The third-order valence-corrected chi connectivity index (χ3v) is 9.25. The van der Waals surface area contributed by atoms with E-state index in [2.05, 4.69) is 131 Å². The Bertz CT molecular complexity index is 1310. The Labute approximate surface area is 317 Å². The van der Waals surface area contributed by atoms with Crippen molar-refractivity contribution in [1.29, 1.82) is 0 Å². The van der Waals surface area contributed by atoms with E-state index < -0.39 is 0 Å². The van der Waals surface area contributed by atoms with Crippen LogP contribution in [0.5, 0.6) is 11.5 Å². The van der Waals surface area contributed by atoms with Crippen LogP contribution in [0.25, 0.3) is 0 Å². The zero-order chi connectivity index (χ0) is 39.3. The van der Waals surface area contributed by atoms with Crippen LogP contribution < -0.4 is 20.1 Å². The molecular formula is C46H72N2O4. The molecule has 0 saturated carbocycles. The number of benzene rings is 2. The van der Waals surface area contributed by atoms with Gasteiger partial charge in [0.2, 0.25) is 11.8 Å². The van der Waals surface area contributed by atoms with Crippen LogP contribution in [-0.2, 0) is 44.1 Å². The zero-order valence-corrected chi connectivity index (χ0v) is 35.0. The van der Waals surface area contributed by atoms with Crippen molar-refractivity contribution in [2.75, 3.05) is 26.3 Å². The quantitative estimate of drug-likeness (QED) is 0.112. The lowest BCUT2D eigenvalue weighted by atomic mass is 9.78. The van der Waals surface area contributed by atoms with Gasteiger partial charge in [0, 0.05) is 48.2 Å². The summed E-state index contributed by atoms with van der Waals surface area (Å²) in [4.78, 5) is 25.5. The average molecular weight is 717 g/mol. The first-order valence-electron chi connectivity index (χ1n) is 19.5. The number of rotatable bonds is 19. The van der Waals surface area contributed by atoms with Crippen LogP contribution in [0.2, 0.25) is 0 Å². The standard InChI is InChI=1S/C46H72N2O4/c1-15-27-51-41-35(43(3,4)5)29-33(30-36(41)44(6,7)8)21-23-39(49)47-25-19-17-18-20-26-48-40(50)24-22-34-31-37(45(9,10)11)42(52-28-16-2)38(32-34)46(12,13)14/h15-16,29-32H,1-2,17-28H2,3-14H3,(H,47,49)(H,48,50). The summed E-state index contributed by atoms with van der Waals surface area (Å²) in [5.41, 5.74) is 6.59. The van der Waals surface area contributed by atoms with Gasteiger partial charge in [0.1, 0.15) is 24.7 Å². The molecule has 0 radical (unpaired) electrons. The highest BCUT2D eigenvalue weighted by molar-refractivity contribution is 5.76. The predicted molar refractivity (Wildman–Crippen MR) is 220 cm³/mol. The molecule has 52 heavy (non-hydrogen) atoms. The fourth-order valence-electron chi connectivity index (χ4n) is 6.24. The van der Waals surface area contributed by atoms with E-state index >= 15 is 0 Å². The van der Waals surface area contributed by atoms with E-state index in [4.69, 9.17) is 9.47 Å². The molecule has 0 aromatic heterocycles. The van der Waals surface area contributed by atoms with Crippen LogP contribution in [0, 0.1) is 0 Å². The van der Waals surface area contributed by atoms with Crippen LogP contribution >= 0.6 is 0 Å². The summed E-state index contributed by atoms with van der Waals surface area (Å²) in [6, 6.07) is 8.85. The molecule has 2 aromatic rings. The average Bonchev–Trinajstić information content (AvgIpc) is 3.03. The van der Waals surface area contributed by atoms with Crippen molar-refractivity contribution < 1.29 is 19.1 Å². The van der Waals surface area contributed by atoms with Crippen LogP contribution in [0.1, 0.15) is 155 Å².